The molecule has 148 valence electrons. The number of esters is 1. The average molecular weight is 378 g/mol. The molecule has 1 atom stereocenters. The van der Waals surface area contributed by atoms with Crippen molar-refractivity contribution in [1.29, 1.82) is 0 Å². The molecule has 6 heteroatoms. The Morgan fingerprint density at radius 3 is 2.12 bits per heavy atom. The fourth-order valence-electron chi connectivity index (χ4n) is 2.55. The Hall–Kier alpha value is -1.07. The molecule has 0 fully saturated rings. The third-order valence-corrected chi connectivity index (χ3v) is 3.66. The van der Waals surface area contributed by atoms with E-state index in [4.69, 9.17) is 9.84 Å². The number of carbonyl (C=O) groups is 2. The molecule has 0 heterocycles. The number of allylic oxidation sites excluding steroid dienone is 1. The summed E-state index contributed by atoms with van der Waals surface area (Å²) in [7, 11) is 5.83. The van der Waals surface area contributed by atoms with Gasteiger partial charge in [0.1, 0.15) is 6.54 Å². The minimum Gasteiger partial charge on any atom is -1.00 e. The third kappa shape index (κ3) is 19.1. The number of hydrogen-bond acceptors (Lipinski definition) is 3. The van der Waals surface area contributed by atoms with Crippen molar-refractivity contribution in [2.75, 3.05) is 27.7 Å². The average Bonchev–Trinajstić information content (AvgIpc) is 2.42. The van der Waals surface area contributed by atoms with E-state index in [0.717, 1.165) is 12.8 Å². The molecule has 0 unspecified atom stereocenters. The molecule has 0 amide bonds. The molecule has 0 saturated carbocycles. The number of ether oxygens (including phenoxy) is 1. The van der Waals surface area contributed by atoms with Crippen LogP contribution < -0.4 is 12.4 Å². The Bertz CT molecular complexity index is 391. The van der Waals surface area contributed by atoms with Gasteiger partial charge in [-0.05, 0) is 12.8 Å². The summed E-state index contributed by atoms with van der Waals surface area (Å²) in [5, 5.41) is 8.93. The van der Waals surface area contributed by atoms with Gasteiger partial charge in [0.2, 0.25) is 0 Å². The van der Waals surface area contributed by atoms with E-state index in [-0.39, 0.29) is 18.8 Å². The molecule has 0 aromatic heterocycles. The molecule has 0 aliphatic carbocycles. The zero-order valence-corrected chi connectivity index (χ0v) is 17.1. The lowest BCUT2D eigenvalue weighted by Gasteiger charge is -2.28. The maximum Gasteiger partial charge on any atom is 0.330 e. The van der Waals surface area contributed by atoms with Gasteiger partial charge in [0.05, 0.1) is 27.6 Å². The van der Waals surface area contributed by atoms with E-state index in [0.29, 0.717) is 11.0 Å². The monoisotopic (exact) mass is 377 g/mol. The maximum absolute atomic E-state index is 11.8. The number of likely N-dealkylation sites (N-methyl/N-ethyl adjacent to an activating group) is 1. The number of carboxylic acid groups (broad SMARTS) is 1. The van der Waals surface area contributed by atoms with Crippen LogP contribution in [0.1, 0.15) is 64.7 Å². The predicted octanol–water partition coefficient (Wildman–Crippen LogP) is 0.780. The van der Waals surface area contributed by atoms with Crippen molar-refractivity contribution in [2.24, 2.45) is 0 Å². The highest BCUT2D eigenvalue weighted by Crippen LogP contribution is 2.09. The van der Waals surface area contributed by atoms with Gasteiger partial charge in [-0.2, -0.15) is 0 Å². The smallest absolute Gasteiger partial charge is 0.330 e. The molecule has 0 radical (unpaired) electrons. The lowest BCUT2D eigenvalue weighted by molar-refractivity contribution is -0.873. The number of quaternary nitrogens is 1. The minimum atomic E-state index is -0.951. The Morgan fingerprint density at radius 1 is 1.04 bits per heavy atom. The van der Waals surface area contributed by atoms with Crippen molar-refractivity contribution in [1.82, 2.24) is 0 Å². The van der Waals surface area contributed by atoms with Crippen LogP contribution in [0.3, 0.4) is 0 Å². The summed E-state index contributed by atoms with van der Waals surface area (Å²) in [4.78, 5) is 22.7. The first-order valence-corrected chi connectivity index (χ1v) is 9.14. The van der Waals surface area contributed by atoms with Crippen molar-refractivity contribution in [3.05, 3.63) is 12.2 Å². The number of aliphatic carboxylic acids is 1. The molecule has 0 aliphatic heterocycles. The van der Waals surface area contributed by atoms with Crippen LogP contribution in [0.25, 0.3) is 0 Å². The Kier molecular flexibility index (Phi) is 15.9. The van der Waals surface area contributed by atoms with Crippen LogP contribution in [0.15, 0.2) is 12.2 Å². The van der Waals surface area contributed by atoms with Crippen LogP contribution in [0.5, 0.6) is 0 Å². The SMILES string of the molecule is CCCCCCCCC/C=C/C(=O)O[C@H](CC(=O)O)C[N+](C)(C)C.[Cl-]. The molecule has 0 aliphatic rings. The molecule has 0 aromatic carbocycles. The van der Waals surface area contributed by atoms with E-state index in [9.17, 15) is 9.59 Å². The second-order valence-electron chi connectivity index (χ2n) is 7.44. The maximum atomic E-state index is 11.8. The van der Waals surface area contributed by atoms with Gasteiger partial charge in [0.15, 0.2) is 6.10 Å². The summed E-state index contributed by atoms with van der Waals surface area (Å²) in [5.41, 5.74) is 0. The zero-order valence-electron chi connectivity index (χ0n) is 16.3. The summed E-state index contributed by atoms with van der Waals surface area (Å²) in [6, 6.07) is 0. The number of carbonyl (C=O) groups excluding carboxylic acids is 1. The van der Waals surface area contributed by atoms with Gasteiger partial charge in [0.25, 0.3) is 0 Å². The van der Waals surface area contributed by atoms with Gasteiger partial charge in [0, 0.05) is 6.08 Å². The topological polar surface area (TPSA) is 63.6 Å². The second kappa shape index (κ2) is 15.2. The first kappa shape index (κ1) is 26.2. The summed E-state index contributed by atoms with van der Waals surface area (Å²) >= 11 is 0. The van der Waals surface area contributed by atoms with Crippen molar-refractivity contribution in [3.63, 3.8) is 0 Å². The van der Waals surface area contributed by atoms with E-state index in [2.05, 4.69) is 6.92 Å². The lowest BCUT2D eigenvalue weighted by Crippen LogP contribution is -3.00. The highest BCUT2D eigenvalue weighted by atomic mass is 35.5. The molecule has 0 aromatic rings. The predicted molar refractivity (Wildman–Crippen MR) is 96.8 cm³/mol. The largest absolute Gasteiger partial charge is 1.00 e. The number of nitrogens with zero attached hydrogens (tertiary/aromatic N) is 1. The molecule has 5 nitrogen and oxygen atoms in total. The van der Waals surface area contributed by atoms with Crippen molar-refractivity contribution >= 4 is 11.9 Å². The number of halogens is 1. The normalized spacial score (nSPS) is 12.6. The summed E-state index contributed by atoms with van der Waals surface area (Å²) in [6.45, 7) is 2.69. The highest BCUT2D eigenvalue weighted by molar-refractivity contribution is 5.82. The fraction of sp³-hybridized carbons (Fsp3) is 0.789. The van der Waals surface area contributed by atoms with Gasteiger partial charge < -0.3 is 26.7 Å². The minimum absolute atomic E-state index is 0. The third-order valence-electron chi connectivity index (χ3n) is 3.66. The summed E-state index contributed by atoms with van der Waals surface area (Å²) < 4.78 is 5.84. The van der Waals surface area contributed by atoms with Gasteiger partial charge in [-0.3, -0.25) is 4.79 Å². The summed E-state index contributed by atoms with van der Waals surface area (Å²) in [6.07, 6.45) is 12.1. The summed E-state index contributed by atoms with van der Waals surface area (Å²) in [5.74, 6) is -1.40. The molecular weight excluding hydrogens is 342 g/mol. The van der Waals surface area contributed by atoms with Gasteiger partial charge in [-0.1, -0.05) is 51.5 Å². The number of rotatable bonds is 14. The van der Waals surface area contributed by atoms with Gasteiger partial charge >= 0.3 is 11.9 Å². The van der Waals surface area contributed by atoms with Gasteiger partial charge in [-0.15, -0.1) is 0 Å². The van der Waals surface area contributed by atoms with Crippen LogP contribution in [0.4, 0.5) is 0 Å². The molecule has 0 rings (SSSR count). The van der Waals surface area contributed by atoms with Crippen LogP contribution >= 0.6 is 0 Å². The standard InChI is InChI=1S/C19H35NO4.ClH/c1-5-6-7-8-9-10-11-12-13-14-19(23)24-17(15-18(21)22)16-20(2,3)4;/h13-14,17H,5-12,15-16H2,1-4H3;1H/b14-13+;/t17-;/m1./s1. The molecule has 25 heavy (non-hydrogen) atoms. The number of carboxylic acids is 1. The quantitative estimate of drug-likeness (QED) is 0.210. The Labute approximate surface area is 159 Å². The van der Waals surface area contributed by atoms with E-state index >= 15 is 0 Å². The van der Waals surface area contributed by atoms with Crippen LogP contribution in [0, 0.1) is 0 Å². The van der Waals surface area contributed by atoms with E-state index < -0.39 is 18.0 Å². The molecular formula is C19H36ClNO4. The van der Waals surface area contributed by atoms with Crippen molar-refractivity contribution < 1.29 is 36.3 Å². The Morgan fingerprint density at radius 2 is 1.60 bits per heavy atom. The second-order valence-corrected chi connectivity index (χ2v) is 7.44. The van der Waals surface area contributed by atoms with Crippen LogP contribution in [-0.2, 0) is 14.3 Å². The highest BCUT2D eigenvalue weighted by Gasteiger charge is 2.23. The zero-order chi connectivity index (χ0) is 18.4. The van der Waals surface area contributed by atoms with E-state index in [1.54, 1.807) is 0 Å². The van der Waals surface area contributed by atoms with Crippen molar-refractivity contribution in [2.45, 2.75) is 70.8 Å². The molecule has 0 saturated heterocycles. The number of unbranched alkanes of at least 4 members (excludes halogenated alkanes) is 7. The van der Waals surface area contributed by atoms with Crippen molar-refractivity contribution in [3.8, 4) is 0 Å². The molecule has 1 N–H and O–H groups in total. The van der Waals surface area contributed by atoms with E-state index in [1.807, 2.05) is 27.2 Å². The van der Waals surface area contributed by atoms with Crippen LogP contribution in [-0.4, -0.2) is 55.3 Å². The Balaban J connectivity index is 0. The first-order valence-electron chi connectivity index (χ1n) is 9.14. The van der Waals surface area contributed by atoms with E-state index in [1.165, 1.54) is 44.6 Å². The van der Waals surface area contributed by atoms with Crippen LogP contribution in [0.2, 0.25) is 0 Å². The molecule has 0 bridgehead atoms. The number of hydrogen-bond donors (Lipinski definition) is 1. The first-order chi connectivity index (χ1) is 11.2. The lowest BCUT2D eigenvalue weighted by atomic mass is 10.1. The molecule has 0 spiro atoms. The fourth-order valence-corrected chi connectivity index (χ4v) is 2.55. The van der Waals surface area contributed by atoms with Gasteiger partial charge in [-0.25, -0.2) is 4.79 Å².